The second-order valence-electron chi connectivity index (χ2n) is 10.5. The number of carboxylic acid groups (broad SMARTS) is 1. The average Bonchev–Trinajstić information content (AvgIpc) is 3.52. The lowest BCUT2D eigenvalue weighted by Gasteiger charge is -2.43. The van der Waals surface area contributed by atoms with Crippen molar-refractivity contribution in [3.8, 4) is 0 Å². The molecule has 0 radical (unpaired) electrons. The largest absolute Gasteiger partial charge is 0.480 e. The summed E-state index contributed by atoms with van der Waals surface area (Å²) in [6.07, 6.45) is 0.946. The van der Waals surface area contributed by atoms with Gasteiger partial charge in [0.2, 0.25) is 11.8 Å². The third-order valence-corrected chi connectivity index (χ3v) is 10.9. The number of carboxylic acids is 1. The van der Waals surface area contributed by atoms with E-state index in [0.717, 1.165) is 38.1 Å². The highest BCUT2D eigenvalue weighted by molar-refractivity contribution is 8.00. The average molecular weight is 517 g/mol. The van der Waals surface area contributed by atoms with Crippen LogP contribution >= 0.6 is 23.1 Å². The highest BCUT2D eigenvalue weighted by Gasteiger charge is 2.70. The first-order valence-corrected chi connectivity index (χ1v) is 13.6. The lowest BCUT2D eigenvalue weighted by molar-refractivity contribution is -0.156. The number of benzene rings is 1. The Bertz CT molecular complexity index is 1290. The number of aromatic amines is 1. The van der Waals surface area contributed by atoms with Crippen molar-refractivity contribution in [2.24, 2.45) is 35.5 Å². The number of nitrogens with one attached hydrogen (secondary N) is 1. The van der Waals surface area contributed by atoms with E-state index < -0.39 is 23.8 Å². The summed E-state index contributed by atoms with van der Waals surface area (Å²) >= 11 is 2.72. The van der Waals surface area contributed by atoms with Crippen molar-refractivity contribution in [2.75, 3.05) is 0 Å². The van der Waals surface area contributed by atoms with E-state index in [1.54, 1.807) is 23.9 Å². The summed E-state index contributed by atoms with van der Waals surface area (Å²) in [6, 6.07) is 5.14. The number of carbonyl (C=O) groups excluding carboxylic acids is 2. The molecule has 0 unspecified atom stereocenters. The number of H-pyrrole nitrogens is 1. The van der Waals surface area contributed by atoms with Gasteiger partial charge < -0.3 is 10.1 Å². The van der Waals surface area contributed by atoms with Crippen LogP contribution in [0, 0.1) is 41.3 Å². The molecule has 6 rings (SSSR count). The molecular formula is C25H25FN2O5S2. The van der Waals surface area contributed by atoms with Gasteiger partial charge >= 0.3 is 10.8 Å². The van der Waals surface area contributed by atoms with Gasteiger partial charge in [0.25, 0.3) is 0 Å². The Labute approximate surface area is 209 Å². The second kappa shape index (κ2) is 8.03. The van der Waals surface area contributed by atoms with Gasteiger partial charge in [-0.1, -0.05) is 37.3 Å². The number of rotatable bonds is 5. The second-order valence-corrected chi connectivity index (χ2v) is 12.7. The minimum Gasteiger partial charge on any atom is -0.480 e. The molecule has 10 heteroatoms. The number of carbonyl (C=O) groups is 3. The van der Waals surface area contributed by atoms with Gasteiger partial charge in [0, 0.05) is 16.0 Å². The molecule has 2 aliphatic heterocycles. The number of hydrogen-bond acceptors (Lipinski definition) is 6. The van der Waals surface area contributed by atoms with Crippen LogP contribution in [0.5, 0.6) is 0 Å². The van der Waals surface area contributed by atoms with Crippen LogP contribution in [-0.4, -0.2) is 44.1 Å². The van der Waals surface area contributed by atoms with Crippen LogP contribution in [0.1, 0.15) is 43.0 Å². The monoisotopic (exact) mass is 516 g/mol. The van der Waals surface area contributed by atoms with Crippen molar-refractivity contribution in [3.05, 3.63) is 50.2 Å². The summed E-state index contributed by atoms with van der Waals surface area (Å²) in [5.74, 6) is -3.61. The summed E-state index contributed by atoms with van der Waals surface area (Å²) in [6.45, 7) is 3.76. The fourth-order valence-electron chi connectivity index (χ4n) is 7.15. The van der Waals surface area contributed by atoms with E-state index in [9.17, 15) is 28.7 Å². The van der Waals surface area contributed by atoms with Crippen LogP contribution in [0.25, 0.3) is 0 Å². The van der Waals surface area contributed by atoms with Gasteiger partial charge in [-0.2, -0.15) is 0 Å². The molecule has 0 spiro atoms. The Balaban J connectivity index is 1.42. The minimum atomic E-state index is -1.15. The van der Waals surface area contributed by atoms with Crippen LogP contribution in [-0.2, 0) is 14.4 Å². The zero-order valence-corrected chi connectivity index (χ0v) is 20.8. The molecule has 4 aliphatic rings. The molecule has 35 heavy (non-hydrogen) atoms. The normalized spacial score (nSPS) is 33.7. The molecule has 2 saturated carbocycles. The number of fused-ring (bicyclic) bond motifs is 9. The number of aromatic nitrogens is 1. The molecular weight excluding hydrogens is 491 g/mol. The smallest absolute Gasteiger partial charge is 0.326 e. The standard InChI is InChI=1S/C25H25FN2O5S2/c1-9(2)7-14(24(31)32)28-22(29)17-12-8-13(18(17)23(28)30)19-16(12)15(10-3-5-11(26)6-4-10)20-21(34-19)27-25(33)35-20/h3-6,9,12-19H,7-8H2,1-2H3,(H,27,33)(H,31,32)/t12-,13-,14-,15+,16-,17+,18-,19-/m1/s1. The number of hydrogen-bond donors (Lipinski definition) is 2. The van der Waals surface area contributed by atoms with Gasteiger partial charge in [0.05, 0.1) is 16.9 Å². The first-order valence-electron chi connectivity index (χ1n) is 11.9. The van der Waals surface area contributed by atoms with Crippen molar-refractivity contribution < 1.29 is 23.9 Å². The first-order chi connectivity index (χ1) is 16.7. The molecule has 1 aromatic carbocycles. The van der Waals surface area contributed by atoms with Crippen molar-refractivity contribution >= 4 is 40.9 Å². The molecule has 1 aromatic heterocycles. The molecule has 2 aliphatic carbocycles. The number of nitrogens with zero attached hydrogens (tertiary/aromatic N) is 1. The summed E-state index contributed by atoms with van der Waals surface area (Å²) in [5.41, 5.74) is 0.888. The maximum absolute atomic E-state index is 13.7. The van der Waals surface area contributed by atoms with E-state index in [4.69, 9.17) is 0 Å². The van der Waals surface area contributed by atoms with E-state index in [-0.39, 0.29) is 63.8 Å². The predicted octanol–water partition coefficient (Wildman–Crippen LogP) is 3.55. The van der Waals surface area contributed by atoms with Gasteiger partial charge in [0.15, 0.2) is 0 Å². The van der Waals surface area contributed by atoms with E-state index in [2.05, 4.69) is 4.98 Å². The van der Waals surface area contributed by atoms with Crippen LogP contribution in [0.2, 0.25) is 0 Å². The van der Waals surface area contributed by atoms with Crippen molar-refractivity contribution in [2.45, 2.75) is 48.9 Å². The van der Waals surface area contributed by atoms with Crippen molar-refractivity contribution in [1.82, 2.24) is 9.88 Å². The molecule has 8 atom stereocenters. The maximum Gasteiger partial charge on any atom is 0.326 e. The fourth-order valence-corrected chi connectivity index (χ4v) is 10.0. The minimum absolute atomic E-state index is 0.000683. The zero-order valence-electron chi connectivity index (χ0n) is 19.1. The van der Waals surface area contributed by atoms with E-state index in [0.29, 0.717) is 0 Å². The summed E-state index contributed by atoms with van der Waals surface area (Å²) in [5, 5.41) is 10.7. The zero-order chi connectivity index (χ0) is 24.8. The lowest BCUT2D eigenvalue weighted by Crippen LogP contribution is -2.47. The molecule has 7 nitrogen and oxygen atoms in total. The number of halogens is 1. The Morgan fingerprint density at radius 3 is 2.43 bits per heavy atom. The lowest BCUT2D eigenvalue weighted by atomic mass is 9.68. The predicted molar refractivity (Wildman–Crippen MR) is 128 cm³/mol. The summed E-state index contributed by atoms with van der Waals surface area (Å²) < 4.78 is 13.7. The molecule has 3 fully saturated rings. The first kappa shape index (κ1) is 23.0. The number of thiazole rings is 1. The number of aliphatic carboxylic acids is 1. The Morgan fingerprint density at radius 2 is 1.80 bits per heavy atom. The van der Waals surface area contributed by atoms with Gasteiger partial charge in [-0.05, 0) is 54.2 Å². The molecule has 3 heterocycles. The number of imide groups is 1. The highest BCUT2D eigenvalue weighted by Crippen LogP contribution is 2.68. The fraction of sp³-hybridized carbons (Fsp3) is 0.520. The van der Waals surface area contributed by atoms with Crippen LogP contribution in [0.3, 0.4) is 0 Å². The number of likely N-dealkylation sites (tertiary alicyclic amines) is 1. The van der Waals surface area contributed by atoms with Crippen molar-refractivity contribution in [3.63, 3.8) is 0 Å². The quantitative estimate of drug-likeness (QED) is 0.589. The summed E-state index contributed by atoms with van der Waals surface area (Å²) in [7, 11) is 0. The van der Waals surface area contributed by atoms with Gasteiger partial charge in [-0.25, -0.2) is 9.18 Å². The summed E-state index contributed by atoms with van der Waals surface area (Å²) in [4.78, 5) is 56.3. The van der Waals surface area contributed by atoms with Gasteiger partial charge in [-0.3, -0.25) is 19.3 Å². The highest BCUT2D eigenvalue weighted by atomic mass is 32.2. The molecule has 2 amide bonds. The molecule has 2 bridgehead atoms. The Morgan fingerprint density at radius 1 is 1.14 bits per heavy atom. The van der Waals surface area contributed by atoms with Gasteiger partial charge in [0.1, 0.15) is 11.9 Å². The van der Waals surface area contributed by atoms with Crippen LogP contribution in [0.4, 0.5) is 4.39 Å². The number of thioether (sulfide) groups is 1. The molecule has 2 aromatic rings. The Hall–Kier alpha value is -2.46. The van der Waals surface area contributed by atoms with E-state index in [1.165, 1.54) is 12.1 Å². The topological polar surface area (TPSA) is 108 Å². The Kier molecular flexibility index (Phi) is 5.27. The molecule has 1 saturated heterocycles. The molecule has 184 valence electrons. The maximum atomic E-state index is 13.7. The molecule has 2 N–H and O–H groups in total. The van der Waals surface area contributed by atoms with Crippen molar-refractivity contribution in [1.29, 1.82) is 0 Å². The van der Waals surface area contributed by atoms with Crippen LogP contribution < -0.4 is 4.87 Å². The number of amides is 2. The van der Waals surface area contributed by atoms with E-state index in [1.807, 2.05) is 13.8 Å². The third-order valence-electron chi connectivity index (χ3n) is 8.28. The van der Waals surface area contributed by atoms with Crippen LogP contribution in [0.15, 0.2) is 34.1 Å². The third kappa shape index (κ3) is 3.28. The van der Waals surface area contributed by atoms with Gasteiger partial charge in [-0.15, -0.1) is 11.8 Å². The van der Waals surface area contributed by atoms with E-state index >= 15 is 0 Å². The SMILES string of the molecule is CC(C)C[C@H](C(=O)O)N1C(=O)[C@@H]2[C@H]3C[C@@H]([C@@H]2C1=O)[C@@H]1[C@H](c2ccc(F)cc2)c2sc(=O)[nH]c2S[C@H]31.